The molecule has 3 rings (SSSR count). The number of rotatable bonds is 6. The van der Waals surface area contributed by atoms with Gasteiger partial charge in [-0.1, -0.05) is 23.7 Å². The number of anilines is 3. The van der Waals surface area contributed by atoms with Crippen LogP contribution in [0.15, 0.2) is 54.6 Å². The van der Waals surface area contributed by atoms with Crippen molar-refractivity contribution in [3.8, 4) is 11.5 Å². The molecule has 27 heavy (non-hydrogen) atoms. The molecule has 1 amide bonds. The van der Waals surface area contributed by atoms with E-state index in [1.165, 1.54) is 14.2 Å². The zero-order valence-corrected chi connectivity index (χ0v) is 15.4. The van der Waals surface area contributed by atoms with Gasteiger partial charge in [0.2, 0.25) is 0 Å². The smallest absolute Gasteiger partial charge is 0.264 e. The van der Waals surface area contributed by atoms with Gasteiger partial charge in [-0.3, -0.25) is 4.79 Å². The second-order valence-corrected chi connectivity index (χ2v) is 5.87. The highest BCUT2D eigenvalue weighted by atomic mass is 35.5. The van der Waals surface area contributed by atoms with E-state index >= 15 is 0 Å². The minimum Gasteiger partial charge on any atom is -0.496 e. The normalized spacial score (nSPS) is 10.2. The molecular weight excluding hydrogens is 368 g/mol. The van der Waals surface area contributed by atoms with Crippen LogP contribution in [0.2, 0.25) is 5.02 Å². The van der Waals surface area contributed by atoms with Crippen molar-refractivity contribution in [2.24, 2.45) is 0 Å². The van der Waals surface area contributed by atoms with E-state index in [1.54, 1.807) is 42.5 Å². The number of nitrogens with one attached hydrogen (secondary N) is 2. The first-order chi connectivity index (χ1) is 13.1. The standard InChI is InChI=1S/C19H17ClN4O3/c1-26-14-7-4-8-15(27-2)18(14)19(25)22-17-10-9-16(23-24-17)21-13-6-3-5-12(20)11-13/h3-11H,1-2H3,(H,21,23)(H,22,24,25). The number of hydrogen-bond acceptors (Lipinski definition) is 6. The number of hydrogen-bond donors (Lipinski definition) is 2. The molecule has 0 fully saturated rings. The largest absolute Gasteiger partial charge is 0.496 e. The van der Waals surface area contributed by atoms with E-state index in [4.69, 9.17) is 21.1 Å². The Labute approximate surface area is 161 Å². The molecule has 0 bridgehead atoms. The zero-order chi connectivity index (χ0) is 19.2. The lowest BCUT2D eigenvalue weighted by Crippen LogP contribution is -2.15. The lowest BCUT2D eigenvalue weighted by Gasteiger charge is -2.12. The van der Waals surface area contributed by atoms with Crippen LogP contribution < -0.4 is 20.1 Å². The monoisotopic (exact) mass is 384 g/mol. The first kappa shape index (κ1) is 18.5. The Morgan fingerprint density at radius 2 is 1.56 bits per heavy atom. The van der Waals surface area contributed by atoms with E-state index in [1.807, 2.05) is 12.1 Å². The Balaban J connectivity index is 1.74. The first-order valence-electron chi connectivity index (χ1n) is 7.99. The van der Waals surface area contributed by atoms with Crippen LogP contribution in [-0.4, -0.2) is 30.3 Å². The number of benzene rings is 2. The molecule has 0 radical (unpaired) electrons. The summed E-state index contributed by atoms with van der Waals surface area (Å²) in [4.78, 5) is 12.6. The van der Waals surface area contributed by atoms with Crippen molar-refractivity contribution in [1.29, 1.82) is 0 Å². The highest BCUT2D eigenvalue weighted by Gasteiger charge is 2.18. The number of aromatic nitrogens is 2. The molecular formula is C19H17ClN4O3. The van der Waals surface area contributed by atoms with Gasteiger partial charge in [-0.25, -0.2) is 0 Å². The van der Waals surface area contributed by atoms with E-state index < -0.39 is 5.91 Å². The second-order valence-electron chi connectivity index (χ2n) is 5.43. The number of carbonyl (C=O) groups excluding carboxylic acids is 1. The van der Waals surface area contributed by atoms with Gasteiger partial charge in [-0.2, -0.15) is 0 Å². The van der Waals surface area contributed by atoms with E-state index in [0.717, 1.165) is 5.69 Å². The van der Waals surface area contributed by atoms with Crippen LogP contribution in [0.25, 0.3) is 0 Å². The number of nitrogens with zero attached hydrogens (tertiary/aromatic N) is 2. The van der Waals surface area contributed by atoms with Crippen LogP contribution in [0.5, 0.6) is 11.5 Å². The third-order valence-corrected chi connectivity index (χ3v) is 3.89. The fraction of sp³-hybridized carbons (Fsp3) is 0.105. The molecule has 7 nitrogen and oxygen atoms in total. The molecule has 2 N–H and O–H groups in total. The van der Waals surface area contributed by atoms with Crippen molar-refractivity contribution in [1.82, 2.24) is 10.2 Å². The van der Waals surface area contributed by atoms with Gasteiger partial charge in [0.05, 0.1) is 14.2 Å². The highest BCUT2D eigenvalue weighted by Crippen LogP contribution is 2.29. The predicted molar refractivity (Wildman–Crippen MR) is 104 cm³/mol. The van der Waals surface area contributed by atoms with Crippen molar-refractivity contribution in [3.63, 3.8) is 0 Å². The fourth-order valence-corrected chi connectivity index (χ4v) is 2.62. The molecule has 0 aliphatic rings. The first-order valence-corrected chi connectivity index (χ1v) is 8.37. The van der Waals surface area contributed by atoms with Crippen LogP contribution in [0.1, 0.15) is 10.4 Å². The van der Waals surface area contributed by atoms with Gasteiger partial charge in [0.1, 0.15) is 17.1 Å². The molecule has 0 aliphatic heterocycles. The Morgan fingerprint density at radius 1 is 0.926 bits per heavy atom. The predicted octanol–water partition coefficient (Wildman–Crippen LogP) is 4.14. The fourth-order valence-electron chi connectivity index (χ4n) is 2.43. The third kappa shape index (κ3) is 4.45. The van der Waals surface area contributed by atoms with Gasteiger partial charge in [-0.15, -0.1) is 10.2 Å². The van der Waals surface area contributed by atoms with Crippen molar-refractivity contribution in [2.45, 2.75) is 0 Å². The summed E-state index contributed by atoms with van der Waals surface area (Å²) in [6.07, 6.45) is 0. The van der Waals surface area contributed by atoms with Crippen LogP contribution in [0.4, 0.5) is 17.3 Å². The lowest BCUT2D eigenvalue weighted by molar-refractivity contribution is 0.102. The van der Waals surface area contributed by atoms with Crippen LogP contribution in [0, 0.1) is 0 Å². The van der Waals surface area contributed by atoms with Crippen molar-refractivity contribution < 1.29 is 14.3 Å². The number of amides is 1. The van der Waals surface area contributed by atoms with E-state index in [-0.39, 0.29) is 5.56 Å². The third-order valence-electron chi connectivity index (χ3n) is 3.66. The van der Waals surface area contributed by atoms with Crippen LogP contribution in [-0.2, 0) is 0 Å². The Kier molecular flexibility index (Phi) is 5.73. The van der Waals surface area contributed by atoms with E-state index in [2.05, 4.69) is 20.8 Å². The molecule has 0 atom stereocenters. The number of methoxy groups -OCH3 is 2. The highest BCUT2D eigenvalue weighted by molar-refractivity contribution is 6.30. The molecule has 1 aromatic heterocycles. The molecule has 0 spiro atoms. The summed E-state index contributed by atoms with van der Waals surface area (Å²) >= 11 is 5.96. The van der Waals surface area contributed by atoms with Gasteiger partial charge in [-0.05, 0) is 42.5 Å². The average molecular weight is 385 g/mol. The maximum atomic E-state index is 12.6. The average Bonchev–Trinajstić information content (AvgIpc) is 2.68. The molecule has 2 aromatic carbocycles. The summed E-state index contributed by atoms with van der Waals surface area (Å²) in [6, 6.07) is 15.7. The summed E-state index contributed by atoms with van der Waals surface area (Å²) in [6.45, 7) is 0. The maximum absolute atomic E-state index is 12.6. The second kappa shape index (κ2) is 8.37. The quantitative estimate of drug-likeness (QED) is 0.664. The van der Waals surface area contributed by atoms with Gasteiger partial charge in [0.15, 0.2) is 11.6 Å². The number of ether oxygens (including phenoxy) is 2. The molecule has 0 saturated carbocycles. The minimum atomic E-state index is -0.408. The van der Waals surface area contributed by atoms with E-state index in [9.17, 15) is 4.79 Å². The van der Waals surface area contributed by atoms with Gasteiger partial charge < -0.3 is 20.1 Å². The SMILES string of the molecule is COc1cccc(OC)c1C(=O)Nc1ccc(Nc2cccc(Cl)c2)nn1. The Bertz CT molecular complexity index is 926. The van der Waals surface area contributed by atoms with E-state index in [0.29, 0.717) is 28.2 Å². The van der Waals surface area contributed by atoms with Crippen molar-refractivity contribution >= 4 is 34.8 Å². The van der Waals surface area contributed by atoms with Crippen molar-refractivity contribution in [2.75, 3.05) is 24.9 Å². The topological polar surface area (TPSA) is 85.4 Å². The molecule has 8 heteroatoms. The number of halogens is 1. The Hall–Kier alpha value is -3.32. The van der Waals surface area contributed by atoms with Crippen molar-refractivity contribution in [3.05, 3.63) is 65.2 Å². The maximum Gasteiger partial charge on any atom is 0.264 e. The summed E-state index contributed by atoms with van der Waals surface area (Å²) < 4.78 is 10.5. The minimum absolute atomic E-state index is 0.283. The zero-order valence-electron chi connectivity index (χ0n) is 14.7. The molecule has 0 unspecified atom stereocenters. The summed E-state index contributed by atoms with van der Waals surface area (Å²) in [5.74, 6) is 1.21. The van der Waals surface area contributed by atoms with Crippen LogP contribution >= 0.6 is 11.6 Å². The molecule has 3 aromatic rings. The number of carbonyl (C=O) groups is 1. The molecule has 138 valence electrons. The Morgan fingerprint density at radius 3 is 2.15 bits per heavy atom. The van der Waals surface area contributed by atoms with Gasteiger partial charge >= 0.3 is 0 Å². The summed E-state index contributed by atoms with van der Waals surface area (Å²) in [5.41, 5.74) is 1.07. The molecule has 0 saturated heterocycles. The summed E-state index contributed by atoms with van der Waals surface area (Å²) in [5, 5.41) is 14.5. The van der Waals surface area contributed by atoms with Gasteiger partial charge in [0, 0.05) is 10.7 Å². The van der Waals surface area contributed by atoms with Crippen LogP contribution in [0.3, 0.4) is 0 Å². The summed E-state index contributed by atoms with van der Waals surface area (Å²) in [7, 11) is 2.98. The lowest BCUT2D eigenvalue weighted by atomic mass is 10.1. The van der Waals surface area contributed by atoms with Gasteiger partial charge in [0.25, 0.3) is 5.91 Å². The molecule has 0 aliphatic carbocycles. The molecule has 1 heterocycles.